The third kappa shape index (κ3) is 2.73. The predicted molar refractivity (Wildman–Crippen MR) is 136 cm³/mol. The van der Waals surface area contributed by atoms with Crippen molar-refractivity contribution in [3.05, 3.63) is 113 Å². The summed E-state index contributed by atoms with van der Waals surface area (Å²) in [7, 11) is 0. The molecule has 0 N–H and O–H groups in total. The highest BCUT2D eigenvalue weighted by atomic mass is 16.5. The summed E-state index contributed by atoms with van der Waals surface area (Å²) in [5, 5.41) is 1.61. The molecule has 37 heavy (non-hydrogen) atoms. The maximum absolute atomic E-state index is 14.2. The topological polar surface area (TPSA) is 80.8 Å². The van der Waals surface area contributed by atoms with Gasteiger partial charge >= 0.3 is 0 Å². The lowest BCUT2D eigenvalue weighted by Gasteiger charge is -2.27. The molecule has 2 aliphatic heterocycles. The summed E-state index contributed by atoms with van der Waals surface area (Å²) in [5.74, 6) is -4.45. The average molecular weight is 488 g/mol. The van der Waals surface area contributed by atoms with Gasteiger partial charge in [-0.1, -0.05) is 90.5 Å². The van der Waals surface area contributed by atoms with Crippen LogP contribution in [-0.2, 0) is 14.3 Å². The number of amides is 2. The minimum Gasteiger partial charge on any atom is -0.349 e. The third-order valence-corrected chi connectivity index (χ3v) is 7.90. The van der Waals surface area contributed by atoms with Crippen LogP contribution in [0.5, 0.6) is 0 Å². The van der Waals surface area contributed by atoms with Crippen LogP contribution in [0, 0.1) is 18.8 Å². The standard InChI is InChI=1S/C31H21NO5/c1-17-8-6-11-19(16-17)26-24-25(31(37-26)27(33)21-13-4-5-14-22(21)28(31)34)30(36)32(29(24)35)23-15-7-10-18-9-2-3-12-20(18)23/h2-16,24-26H,1H3/t24-,25-,26+/m0/s1. The Hall–Kier alpha value is -4.42. The molecule has 0 unspecified atom stereocenters. The Morgan fingerprint density at radius 2 is 1.38 bits per heavy atom. The molecule has 4 aromatic carbocycles. The van der Waals surface area contributed by atoms with Crippen LogP contribution in [0.3, 0.4) is 0 Å². The molecule has 0 bridgehead atoms. The van der Waals surface area contributed by atoms with Gasteiger partial charge in [-0.25, -0.2) is 4.90 Å². The van der Waals surface area contributed by atoms with E-state index in [4.69, 9.17) is 4.74 Å². The molecule has 1 spiro atoms. The van der Waals surface area contributed by atoms with Crippen LogP contribution in [0.2, 0.25) is 0 Å². The Labute approximate surface area is 212 Å². The number of hydrogen-bond acceptors (Lipinski definition) is 5. The number of Topliss-reactive ketones (excluding diaryl/α,β-unsaturated/α-hetero) is 2. The van der Waals surface area contributed by atoms with Crippen molar-refractivity contribution < 1.29 is 23.9 Å². The second-order valence-corrected chi connectivity index (χ2v) is 9.91. The molecule has 7 rings (SSSR count). The van der Waals surface area contributed by atoms with Crippen molar-refractivity contribution in [2.75, 3.05) is 4.90 Å². The Morgan fingerprint density at radius 3 is 2.11 bits per heavy atom. The zero-order chi connectivity index (χ0) is 25.5. The van der Waals surface area contributed by atoms with Crippen LogP contribution in [-0.4, -0.2) is 29.0 Å². The summed E-state index contributed by atoms with van der Waals surface area (Å²) in [6.45, 7) is 1.91. The molecule has 2 amide bonds. The molecular formula is C31H21NO5. The molecule has 180 valence electrons. The van der Waals surface area contributed by atoms with Crippen LogP contribution in [0.25, 0.3) is 10.8 Å². The summed E-state index contributed by atoms with van der Waals surface area (Å²) in [6, 6.07) is 26.9. The van der Waals surface area contributed by atoms with Gasteiger partial charge in [-0.2, -0.15) is 0 Å². The van der Waals surface area contributed by atoms with Crippen molar-refractivity contribution >= 4 is 39.8 Å². The van der Waals surface area contributed by atoms with E-state index in [1.54, 1.807) is 36.4 Å². The van der Waals surface area contributed by atoms with Gasteiger partial charge in [0.15, 0.2) is 0 Å². The molecule has 2 saturated heterocycles. The lowest BCUT2D eigenvalue weighted by molar-refractivity contribution is -0.127. The summed E-state index contributed by atoms with van der Waals surface area (Å²) in [5.41, 5.74) is 0.406. The fourth-order valence-corrected chi connectivity index (χ4v) is 6.31. The van der Waals surface area contributed by atoms with Crippen LogP contribution in [0.15, 0.2) is 91.0 Å². The molecule has 1 aliphatic carbocycles. The Kier molecular flexibility index (Phi) is 4.45. The van der Waals surface area contributed by atoms with Crippen molar-refractivity contribution in [1.29, 1.82) is 0 Å². The molecule has 3 aliphatic rings. The first-order valence-corrected chi connectivity index (χ1v) is 12.2. The number of aryl methyl sites for hydroxylation is 1. The zero-order valence-corrected chi connectivity index (χ0v) is 19.9. The monoisotopic (exact) mass is 487 g/mol. The molecule has 4 aromatic rings. The van der Waals surface area contributed by atoms with E-state index in [0.29, 0.717) is 11.3 Å². The Bertz CT molecular complexity index is 1650. The second-order valence-electron chi connectivity index (χ2n) is 9.91. The number of fused-ring (bicyclic) bond motifs is 4. The molecule has 0 saturated carbocycles. The van der Waals surface area contributed by atoms with E-state index in [9.17, 15) is 19.2 Å². The van der Waals surface area contributed by atoms with E-state index < -0.39 is 46.9 Å². The maximum atomic E-state index is 14.2. The van der Waals surface area contributed by atoms with E-state index in [-0.39, 0.29) is 11.1 Å². The predicted octanol–water partition coefficient (Wildman–Crippen LogP) is 4.84. The van der Waals surface area contributed by atoms with E-state index in [2.05, 4.69) is 0 Å². The molecule has 2 fully saturated rings. The van der Waals surface area contributed by atoms with Gasteiger partial charge in [0.05, 0.1) is 23.6 Å². The quantitative estimate of drug-likeness (QED) is 0.299. The van der Waals surface area contributed by atoms with Crippen LogP contribution < -0.4 is 4.90 Å². The number of ether oxygens (including phenoxy) is 1. The number of benzene rings is 4. The number of ketones is 2. The highest BCUT2D eigenvalue weighted by Gasteiger charge is 2.74. The molecule has 6 nitrogen and oxygen atoms in total. The minimum absolute atomic E-state index is 0.222. The van der Waals surface area contributed by atoms with Gasteiger partial charge in [-0.05, 0) is 23.9 Å². The largest absolute Gasteiger partial charge is 0.349 e. The van der Waals surface area contributed by atoms with E-state index >= 15 is 0 Å². The lowest BCUT2D eigenvalue weighted by Crippen LogP contribution is -2.51. The molecule has 2 heterocycles. The number of carbonyl (C=O) groups excluding carboxylic acids is 4. The number of rotatable bonds is 2. The van der Waals surface area contributed by atoms with Crippen LogP contribution in [0.1, 0.15) is 37.9 Å². The van der Waals surface area contributed by atoms with Gasteiger partial charge in [-0.15, -0.1) is 0 Å². The second kappa shape index (κ2) is 7.54. The van der Waals surface area contributed by atoms with Crippen LogP contribution >= 0.6 is 0 Å². The smallest absolute Gasteiger partial charge is 0.241 e. The molecule has 0 radical (unpaired) electrons. The van der Waals surface area contributed by atoms with Crippen LogP contribution in [0.4, 0.5) is 5.69 Å². The SMILES string of the molecule is Cc1cccc([C@H]2OC3(C(=O)c4ccccc4C3=O)[C@@H]3C(=O)N(c4cccc5ccccc45)C(=O)[C@H]23)c1. The normalized spacial score (nSPS) is 23.8. The molecule has 3 atom stereocenters. The highest BCUT2D eigenvalue weighted by molar-refractivity contribution is 6.37. The summed E-state index contributed by atoms with van der Waals surface area (Å²) in [6.07, 6.45) is -0.927. The van der Waals surface area contributed by atoms with Crippen molar-refractivity contribution in [3.8, 4) is 0 Å². The van der Waals surface area contributed by atoms with E-state index in [0.717, 1.165) is 21.2 Å². The lowest BCUT2D eigenvalue weighted by atomic mass is 9.77. The fraction of sp³-hybridized carbons (Fsp3) is 0.161. The first kappa shape index (κ1) is 21.8. The summed E-state index contributed by atoms with van der Waals surface area (Å²) in [4.78, 5) is 57.3. The number of nitrogens with zero attached hydrogens (tertiary/aromatic N) is 1. The molecule has 6 heteroatoms. The minimum atomic E-state index is -2.07. The fourth-order valence-electron chi connectivity index (χ4n) is 6.31. The zero-order valence-electron chi connectivity index (χ0n) is 19.9. The maximum Gasteiger partial charge on any atom is 0.241 e. The van der Waals surface area contributed by atoms with E-state index in [1.807, 2.05) is 61.5 Å². The number of imide groups is 1. The van der Waals surface area contributed by atoms with Gasteiger partial charge in [0.1, 0.15) is 0 Å². The van der Waals surface area contributed by atoms with Crippen molar-refractivity contribution in [3.63, 3.8) is 0 Å². The van der Waals surface area contributed by atoms with E-state index in [1.165, 1.54) is 0 Å². The van der Waals surface area contributed by atoms with Crippen molar-refractivity contribution in [2.45, 2.75) is 18.6 Å². The Morgan fingerprint density at radius 1 is 0.730 bits per heavy atom. The summed E-state index contributed by atoms with van der Waals surface area (Å²) >= 11 is 0. The number of hydrogen-bond donors (Lipinski definition) is 0. The molecular weight excluding hydrogens is 466 g/mol. The van der Waals surface area contributed by atoms with Gasteiger partial charge in [0.2, 0.25) is 29.0 Å². The molecule has 0 aromatic heterocycles. The average Bonchev–Trinajstić information content (AvgIpc) is 3.48. The number of anilines is 1. The Balaban J connectivity index is 1.45. The van der Waals surface area contributed by atoms with Gasteiger partial charge in [0.25, 0.3) is 0 Å². The van der Waals surface area contributed by atoms with Crippen molar-refractivity contribution in [2.24, 2.45) is 11.8 Å². The summed E-state index contributed by atoms with van der Waals surface area (Å²) < 4.78 is 6.37. The van der Waals surface area contributed by atoms with Gasteiger partial charge in [0, 0.05) is 16.5 Å². The van der Waals surface area contributed by atoms with Gasteiger partial charge in [-0.3, -0.25) is 19.2 Å². The first-order chi connectivity index (χ1) is 17.9. The number of carbonyl (C=O) groups is 4. The van der Waals surface area contributed by atoms with Crippen molar-refractivity contribution in [1.82, 2.24) is 0 Å². The van der Waals surface area contributed by atoms with Gasteiger partial charge < -0.3 is 4.74 Å². The third-order valence-electron chi connectivity index (χ3n) is 7.90. The first-order valence-electron chi connectivity index (χ1n) is 12.2. The highest BCUT2D eigenvalue weighted by Crippen LogP contribution is 2.58.